The molecule has 1 unspecified atom stereocenters. The van der Waals surface area contributed by atoms with Crippen LogP contribution >= 0.6 is 23.1 Å². The van der Waals surface area contributed by atoms with E-state index in [1.54, 1.807) is 11.3 Å². The highest BCUT2D eigenvalue weighted by Gasteiger charge is 2.30. The van der Waals surface area contributed by atoms with Gasteiger partial charge in [0.1, 0.15) is 10.9 Å². The fourth-order valence-electron chi connectivity index (χ4n) is 4.29. The van der Waals surface area contributed by atoms with Crippen LogP contribution < -0.4 is 0 Å². The normalized spacial score (nSPS) is 19.9. The van der Waals surface area contributed by atoms with Crippen molar-refractivity contribution in [2.24, 2.45) is 0 Å². The minimum absolute atomic E-state index is 0.193. The number of likely N-dealkylation sites (tertiary alicyclic amines) is 1. The molecule has 0 radical (unpaired) electrons. The molecular formula is C23H26N4O2S2. The van der Waals surface area contributed by atoms with Crippen LogP contribution in [0.3, 0.4) is 0 Å². The lowest BCUT2D eigenvalue weighted by Crippen LogP contribution is -2.36. The SMILES string of the molecule is O=C(CSc1nc(CN2CCOCC2)nc2ccccc12)N1CCCC1c1cccs1. The molecule has 162 valence electrons. The predicted molar refractivity (Wildman–Crippen MR) is 124 cm³/mol. The van der Waals surface area contributed by atoms with E-state index >= 15 is 0 Å². The van der Waals surface area contributed by atoms with Gasteiger partial charge < -0.3 is 9.64 Å². The number of fused-ring (bicyclic) bond motifs is 1. The number of hydrogen-bond acceptors (Lipinski definition) is 7. The van der Waals surface area contributed by atoms with Gasteiger partial charge in [-0.05, 0) is 30.4 Å². The van der Waals surface area contributed by atoms with Crippen molar-refractivity contribution < 1.29 is 9.53 Å². The van der Waals surface area contributed by atoms with Gasteiger partial charge in [0.05, 0.1) is 37.1 Å². The monoisotopic (exact) mass is 454 g/mol. The zero-order valence-corrected chi connectivity index (χ0v) is 19.0. The standard InChI is InChI=1S/C23H26N4O2S2/c28-22(27-9-3-7-19(27)20-8-4-14-30-20)16-31-23-17-5-1-2-6-18(17)24-21(25-23)15-26-10-12-29-13-11-26/h1-2,4-6,8,14,19H,3,7,9-13,15-16H2. The summed E-state index contributed by atoms with van der Waals surface area (Å²) in [5, 5.41) is 4.00. The topological polar surface area (TPSA) is 58.6 Å². The van der Waals surface area contributed by atoms with Crippen LogP contribution in [0.4, 0.5) is 0 Å². The summed E-state index contributed by atoms with van der Waals surface area (Å²) in [5.74, 6) is 1.41. The lowest BCUT2D eigenvalue weighted by molar-refractivity contribution is -0.129. The first-order chi connectivity index (χ1) is 15.3. The van der Waals surface area contributed by atoms with Crippen molar-refractivity contribution >= 4 is 39.9 Å². The number of amides is 1. The van der Waals surface area contributed by atoms with Crippen LogP contribution in [-0.2, 0) is 16.1 Å². The summed E-state index contributed by atoms with van der Waals surface area (Å²) in [7, 11) is 0. The number of hydrogen-bond donors (Lipinski definition) is 0. The minimum atomic E-state index is 0.193. The molecule has 31 heavy (non-hydrogen) atoms. The summed E-state index contributed by atoms with van der Waals surface area (Å²) < 4.78 is 5.45. The van der Waals surface area contributed by atoms with E-state index in [1.165, 1.54) is 16.6 Å². The van der Waals surface area contributed by atoms with Gasteiger partial charge in [0.25, 0.3) is 0 Å². The second-order valence-corrected chi connectivity index (χ2v) is 9.84. The Bertz CT molecular complexity index is 1040. The van der Waals surface area contributed by atoms with Crippen LogP contribution in [0.15, 0.2) is 46.8 Å². The number of rotatable bonds is 6. The first kappa shape index (κ1) is 20.9. The third-order valence-corrected chi connectivity index (χ3v) is 7.81. The van der Waals surface area contributed by atoms with Crippen LogP contribution in [0.2, 0.25) is 0 Å². The summed E-state index contributed by atoms with van der Waals surface area (Å²) in [4.78, 5) is 28.4. The number of thiophene rings is 1. The first-order valence-electron chi connectivity index (χ1n) is 10.8. The Morgan fingerprint density at radius 1 is 1.13 bits per heavy atom. The largest absolute Gasteiger partial charge is 0.379 e. The van der Waals surface area contributed by atoms with Crippen LogP contribution in [0, 0.1) is 0 Å². The molecule has 2 fully saturated rings. The number of benzene rings is 1. The molecule has 1 aromatic carbocycles. The van der Waals surface area contributed by atoms with Crippen molar-refractivity contribution in [3.63, 3.8) is 0 Å². The van der Waals surface area contributed by atoms with Crippen LogP contribution in [-0.4, -0.2) is 64.3 Å². The number of aromatic nitrogens is 2. The van der Waals surface area contributed by atoms with Gasteiger partial charge >= 0.3 is 0 Å². The maximum Gasteiger partial charge on any atom is 0.233 e. The molecule has 0 aliphatic carbocycles. The van der Waals surface area contributed by atoms with Crippen molar-refractivity contribution in [2.45, 2.75) is 30.5 Å². The van der Waals surface area contributed by atoms with E-state index in [0.29, 0.717) is 12.3 Å². The molecule has 2 aliphatic rings. The van der Waals surface area contributed by atoms with Crippen LogP contribution in [0.5, 0.6) is 0 Å². The Hall–Kier alpha value is -2.00. The van der Waals surface area contributed by atoms with Gasteiger partial charge in [0.15, 0.2) is 0 Å². The molecule has 6 nitrogen and oxygen atoms in total. The zero-order chi connectivity index (χ0) is 21.0. The fourth-order valence-corrected chi connectivity index (χ4v) is 6.09. The lowest BCUT2D eigenvalue weighted by atomic mass is 10.2. The van der Waals surface area contributed by atoms with Gasteiger partial charge in [-0.25, -0.2) is 9.97 Å². The summed E-state index contributed by atoms with van der Waals surface area (Å²) in [6.45, 7) is 4.86. The Labute approximate surface area is 190 Å². The zero-order valence-electron chi connectivity index (χ0n) is 17.4. The summed E-state index contributed by atoms with van der Waals surface area (Å²) >= 11 is 3.28. The molecule has 2 aliphatic heterocycles. The maximum absolute atomic E-state index is 13.1. The highest BCUT2D eigenvalue weighted by atomic mass is 32.2. The summed E-state index contributed by atoms with van der Waals surface area (Å²) in [6, 6.07) is 12.5. The number of morpholine rings is 1. The molecule has 2 aromatic heterocycles. The van der Waals surface area contributed by atoms with Gasteiger partial charge in [0, 0.05) is 29.9 Å². The van der Waals surface area contributed by atoms with E-state index in [2.05, 4.69) is 27.3 Å². The molecule has 0 N–H and O–H groups in total. The molecular weight excluding hydrogens is 428 g/mol. The highest BCUT2D eigenvalue weighted by molar-refractivity contribution is 8.00. The Morgan fingerprint density at radius 2 is 2.00 bits per heavy atom. The fraction of sp³-hybridized carbons (Fsp3) is 0.435. The average molecular weight is 455 g/mol. The van der Waals surface area contributed by atoms with E-state index in [0.717, 1.165) is 67.4 Å². The Balaban J connectivity index is 1.32. The number of carbonyl (C=O) groups excluding carboxylic acids is 1. The number of carbonyl (C=O) groups is 1. The van der Waals surface area contributed by atoms with Gasteiger partial charge in [-0.15, -0.1) is 11.3 Å². The summed E-state index contributed by atoms with van der Waals surface area (Å²) in [5.41, 5.74) is 0.938. The van der Waals surface area contributed by atoms with Crippen LogP contribution in [0.1, 0.15) is 29.6 Å². The van der Waals surface area contributed by atoms with Gasteiger partial charge in [-0.1, -0.05) is 36.0 Å². The number of thioether (sulfide) groups is 1. The van der Waals surface area contributed by atoms with Gasteiger partial charge in [-0.2, -0.15) is 0 Å². The molecule has 4 heterocycles. The molecule has 1 amide bonds. The van der Waals surface area contributed by atoms with Crippen molar-refractivity contribution in [2.75, 3.05) is 38.6 Å². The second-order valence-electron chi connectivity index (χ2n) is 7.90. The van der Waals surface area contributed by atoms with E-state index < -0.39 is 0 Å². The predicted octanol–water partition coefficient (Wildman–Crippen LogP) is 3.98. The van der Waals surface area contributed by atoms with Crippen molar-refractivity contribution in [1.82, 2.24) is 19.8 Å². The lowest BCUT2D eigenvalue weighted by Gasteiger charge is -2.26. The molecule has 1 atom stereocenters. The first-order valence-corrected chi connectivity index (χ1v) is 12.7. The smallest absolute Gasteiger partial charge is 0.233 e. The van der Waals surface area contributed by atoms with E-state index in [1.807, 2.05) is 24.3 Å². The molecule has 0 saturated carbocycles. The molecule has 0 spiro atoms. The van der Waals surface area contributed by atoms with Gasteiger partial charge in [0.2, 0.25) is 5.91 Å². The highest BCUT2D eigenvalue weighted by Crippen LogP contribution is 2.35. The van der Waals surface area contributed by atoms with Gasteiger partial charge in [-0.3, -0.25) is 9.69 Å². The van der Waals surface area contributed by atoms with Crippen molar-refractivity contribution in [3.05, 3.63) is 52.5 Å². The second kappa shape index (κ2) is 9.65. The Kier molecular flexibility index (Phi) is 6.50. The summed E-state index contributed by atoms with van der Waals surface area (Å²) in [6.07, 6.45) is 2.12. The van der Waals surface area contributed by atoms with E-state index in [-0.39, 0.29) is 11.9 Å². The number of nitrogens with zero attached hydrogens (tertiary/aromatic N) is 4. The molecule has 2 saturated heterocycles. The maximum atomic E-state index is 13.1. The van der Waals surface area contributed by atoms with E-state index in [9.17, 15) is 4.79 Å². The number of para-hydroxylation sites is 1. The van der Waals surface area contributed by atoms with E-state index in [4.69, 9.17) is 14.7 Å². The van der Waals surface area contributed by atoms with Crippen molar-refractivity contribution in [1.29, 1.82) is 0 Å². The van der Waals surface area contributed by atoms with Crippen LogP contribution in [0.25, 0.3) is 10.9 Å². The number of ether oxygens (including phenoxy) is 1. The van der Waals surface area contributed by atoms with Crippen molar-refractivity contribution in [3.8, 4) is 0 Å². The molecule has 3 aromatic rings. The third-order valence-electron chi connectivity index (χ3n) is 5.86. The third kappa shape index (κ3) is 4.77. The molecule has 5 rings (SSSR count). The molecule has 0 bridgehead atoms. The Morgan fingerprint density at radius 3 is 2.84 bits per heavy atom. The quantitative estimate of drug-likeness (QED) is 0.415. The molecule has 8 heteroatoms. The average Bonchev–Trinajstić information content (AvgIpc) is 3.50. The minimum Gasteiger partial charge on any atom is -0.379 e.